The Morgan fingerprint density at radius 3 is 2.80 bits per heavy atom. The van der Waals surface area contributed by atoms with Crippen LogP contribution in [-0.4, -0.2) is 25.7 Å². The van der Waals surface area contributed by atoms with Gasteiger partial charge in [-0.2, -0.15) is 0 Å². The normalized spacial score (nSPS) is 15.6. The number of ether oxygens (including phenoxy) is 2. The zero-order valence-corrected chi connectivity index (χ0v) is 15.5. The number of anilines is 1. The average Bonchev–Trinajstić information content (AvgIpc) is 2.89. The van der Waals surface area contributed by atoms with Gasteiger partial charge in [-0.05, 0) is 54.3 Å². The third kappa shape index (κ3) is 3.52. The fourth-order valence-electron chi connectivity index (χ4n) is 3.38. The number of hydrogen-bond donors (Lipinski definition) is 0. The van der Waals surface area contributed by atoms with Crippen LogP contribution in [0.1, 0.15) is 24.0 Å². The van der Waals surface area contributed by atoms with E-state index in [0.29, 0.717) is 26.1 Å². The highest BCUT2D eigenvalue weighted by atomic mass is 79.9. The Hall–Kier alpha value is -2.01. The van der Waals surface area contributed by atoms with Crippen LogP contribution in [0.3, 0.4) is 0 Å². The molecule has 0 atom stereocenters. The molecular formula is C20H20BrNO3. The summed E-state index contributed by atoms with van der Waals surface area (Å²) in [4.78, 5) is 14.6. The third-order valence-electron chi connectivity index (χ3n) is 4.68. The Balaban J connectivity index is 1.42. The van der Waals surface area contributed by atoms with Crippen LogP contribution in [-0.2, 0) is 17.6 Å². The molecule has 0 fully saturated rings. The Labute approximate surface area is 155 Å². The number of amides is 1. The monoisotopic (exact) mass is 401 g/mol. The number of hydrogen-bond acceptors (Lipinski definition) is 3. The van der Waals surface area contributed by atoms with E-state index >= 15 is 0 Å². The Kier molecular flexibility index (Phi) is 4.66. The maximum absolute atomic E-state index is 12.7. The van der Waals surface area contributed by atoms with Crippen LogP contribution in [0.4, 0.5) is 5.69 Å². The second kappa shape index (κ2) is 7.08. The predicted molar refractivity (Wildman–Crippen MR) is 101 cm³/mol. The molecule has 2 heterocycles. The summed E-state index contributed by atoms with van der Waals surface area (Å²) in [5.41, 5.74) is 3.39. The lowest BCUT2D eigenvalue weighted by Crippen LogP contribution is -2.29. The molecule has 5 heteroatoms. The van der Waals surface area contributed by atoms with Crippen molar-refractivity contribution in [3.05, 3.63) is 52.0 Å². The number of carbonyl (C=O) groups excluding carboxylic acids is 1. The smallest absolute Gasteiger partial charge is 0.227 e. The van der Waals surface area contributed by atoms with E-state index in [0.717, 1.165) is 46.6 Å². The van der Waals surface area contributed by atoms with E-state index in [9.17, 15) is 4.79 Å². The molecule has 2 aliphatic heterocycles. The molecule has 0 N–H and O–H groups in total. The summed E-state index contributed by atoms with van der Waals surface area (Å²) >= 11 is 3.49. The number of fused-ring (bicyclic) bond motifs is 2. The Bertz CT molecular complexity index is 806. The number of nitrogens with zero attached hydrogens (tertiary/aromatic N) is 1. The Morgan fingerprint density at radius 2 is 1.92 bits per heavy atom. The van der Waals surface area contributed by atoms with Gasteiger partial charge in [-0.15, -0.1) is 0 Å². The summed E-state index contributed by atoms with van der Waals surface area (Å²) in [5, 5.41) is 0. The first-order valence-corrected chi connectivity index (χ1v) is 9.47. The van der Waals surface area contributed by atoms with Crippen molar-refractivity contribution >= 4 is 27.5 Å². The number of aryl methyl sites for hydroxylation is 1. The van der Waals surface area contributed by atoms with Crippen molar-refractivity contribution in [3.63, 3.8) is 0 Å². The SMILES string of the molecule is O=C(CCc1ccc2c(c1)OCCCO2)N1CCc2cc(Br)ccc21. The highest BCUT2D eigenvalue weighted by Crippen LogP contribution is 2.32. The van der Waals surface area contributed by atoms with Crippen molar-refractivity contribution in [1.29, 1.82) is 0 Å². The van der Waals surface area contributed by atoms with Gasteiger partial charge in [0.05, 0.1) is 13.2 Å². The highest BCUT2D eigenvalue weighted by molar-refractivity contribution is 9.10. The number of carbonyl (C=O) groups is 1. The van der Waals surface area contributed by atoms with Gasteiger partial charge in [0.2, 0.25) is 5.91 Å². The van der Waals surface area contributed by atoms with Crippen LogP contribution >= 0.6 is 15.9 Å². The van der Waals surface area contributed by atoms with Crippen LogP contribution in [0, 0.1) is 0 Å². The zero-order valence-electron chi connectivity index (χ0n) is 14.0. The second-order valence-corrected chi connectivity index (χ2v) is 7.32. The van der Waals surface area contributed by atoms with Gasteiger partial charge in [0, 0.05) is 29.5 Å². The lowest BCUT2D eigenvalue weighted by atomic mass is 10.1. The van der Waals surface area contributed by atoms with Crippen LogP contribution in [0.15, 0.2) is 40.9 Å². The molecular weight excluding hydrogens is 382 g/mol. The lowest BCUT2D eigenvalue weighted by molar-refractivity contribution is -0.118. The van der Waals surface area contributed by atoms with E-state index in [1.807, 2.05) is 35.2 Å². The fourth-order valence-corrected chi connectivity index (χ4v) is 3.79. The summed E-state index contributed by atoms with van der Waals surface area (Å²) in [6, 6.07) is 12.1. The minimum absolute atomic E-state index is 0.174. The van der Waals surface area contributed by atoms with Gasteiger partial charge in [-0.25, -0.2) is 0 Å². The van der Waals surface area contributed by atoms with E-state index in [1.54, 1.807) is 0 Å². The molecule has 0 saturated carbocycles. The van der Waals surface area contributed by atoms with Gasteiger partial charge in [-0.3, -0.25) is 4.79 Å². The maximum atomic E-state index is 12.7. The van der Waals surface area contributed by atoms with Crippen molar-refractivity contribution < 1.29 is 14.3 Å². The van der Waals surface area contributed by atoms with Crippen LogP contribution in [0.5, 0.6) is 11.5 Å². The van der Waals surface area contributed by atoms with Crippen molar-refractivity contribution in [3.8, 4) is 11.5 Å². The molecule has 4 rings (SSSR count). The van der Waals surface area contributed by atoms with Gasteiger partial charge < -0.3 is 14.4 Å². The van der Waals surface area contributed by atoms with E-state index < -0.39 is 0 Å². The molecule has 2 aromatic carbocycles. The molecule has 2 aromatic rings. The molecule has 130 valence electrons. The molecule has 0 spiro atoms. The van der Waals surface area contributed by atoms with Crippen molar-refractivity contribution in [2.75, 3.05) is 24.7 Å². The topological polar surface area (TPSA) is 38.8 Å². The van der Waals surface area contributed by atoms with E-state index in [2.05, 4.69) is 22.0 Å². The number of rotatable bonds is 3. The molecule has 0 unspecified atom stereocenters. The first-order chi connectivity index (χ1) is 12.2. The third-order valence-corrected chi connectivity index (χ3v) is 5.17. The van der Waals surface area contributed by atoms with Crippen molar-refractivity contribution in [2.45, 2.75) is 25.7 Å². The molecule has 0 bridgehead atoms. The minimum atomic E-state index is 0.174. The van der Waals surface area contributed by atoms with E-state index in [1.165, 1.54) is 5.56 Å². The standard InChI is InChI=1S/C20H20BrNO3/c21-16-4-5-17-15(13-16)8-9-22(17)20(23)7-3-14-2-6-18-19(12-14)25-11-1-10-24-18/h2,4-6,12-13H,1,3,7-11H2. The molecule has 0 aliphatic carbocycles. The summed E-state index contributed by atoms with van der Waals surface area (Å²) in [6.45, 7) is 2.14. The minimum Gasteiger partial charge on any atom is -0.490 e. The van der Waals surface area contributed by atoms with Gasteiger partial charge in [0.15, 0.2) is 11.5 Å². The summed E-state index contributed by atoms with van der Waals surface area (Å²) in [7, 11) is 0. The lowest BCUT2D eigenvalue weighted by Gasteiger charge is -2.17. The number of halogens is 1. The van der Waals surface area contributed by atoms with Gasteiger partial charge in [0.25, 0.3) is 0 Å². The zero-order chi connectivity index (χ0) is 17.2. The van der Waals surface area contributed by atoms with Crippen LogP contribution in [0.25, 0.3) is 0 Å². The maximum Gasteiger partial charge on any atom is 0.227 e. The van der Waals surface area contributed by atoms with Gasteiger partial charge >= 0.3 is 0 Å². The molecule has 0 saturated heterocycles. The quantitative estimate of drug-likeness (QED) is 0.775. The summed E-state index contributed by atoms with van der Waals surface area (Å²) in [5.74, 6) is 1.76. The van der Waals surface area contributed by atoms with Crippen LogP contribution < -0.4 is 14.4 Å². The van der Waals surface area contributed by atoms with Crippen molar-refractivity contribution in [1.82, 2.24) is 0 Å². The molecule has 2 aliphatic rings. The number of benzene rings is 2. The summed E-state index contributed by atoms with van der Waals surface area (Å²) < 4.78 is 12.4. The van der Waals surface area contributed by atoms with E-state index in [-0.39, 0.29) is 5.91 Å². The average molecular weight is 402 g/mol. The van der Waals surface area contributed by atoms with Gasteiger partial charge in [0.1, 0.15) is 0 Å². The molecule has 25 heavy (non-hydrogen) atoms. The van der Waals surface area contributed by atoms with Crippen LogP contribution in [0.2, 0.25) is 0 Å². The molecule has 0 aromatic heterocycles. The molecule has 4 nitrogen and oxygen atoms in total. The summed E-state index contributed by atoms with van der Waals surface area (Å²) in [6.07, 6.45) is 3.02. The molecule has 1 amide bonds. The first-order valence-electron chi connectivity index (χ1n) is 8.68. The Morgan fingerprint density at radius 1 is 1.08 bits per heavy atom. The predicted octanol–water partition coefficient (Wildman–Crippen LogP) is 4.13. The van der Waals surface area contributed by atoms with Crippen molar-refractivity contribution in [2.24, 2.45) is 0 Å². The fraction of sp³-hybridized carbons (Fsp3) is 0.350. The second-order valence-electron chi connectivity index (χ2n) is 6.40. The largest absolute Gasteiger partial charge is 0.490 e. The first kappa shape index (κ1) is 16.5. The van der Waals surface area contributed by atoms with Gasteiger partial charge in [-0.1, -0.05) is 22.0 Å². The highest BCUT2D eigenvalue weighted by Gasteiger charge is 2.24. The molecule has 0 radical (unpaired) electrons. The van der Waals surface area contributed by atoms with E-state index in [4.69, 9.17) is 9.47 Å².